The van der Waals surface area contributed by atoms with Crippen LogP contribution in [0.3, 0.4) is 0 Å². The van der Waals surface area contributed by atoms with Gasteiger partial charge in [0.25, 0.3) is 0 Å². The summed E-state index contributed by atoms with van der Waals surface area (Å²) in [6.45, 7) is 1.71. The van der Waals surface area contributed by atoms with Gasteiger partial charge in [0.2, 0.25) is 5.91 Å². The summed E-state index contributed by atoms with van der Waals surface area (Å²) >= 11 is 2.12. The van der Waals surface area contributed by atoms with E-state index in [1.165, 1.54) is 0 Å². The standard InChI is InChI=1S/C6H8IN3O/c1-4(6(8)11)10-3-5(7)2-9-10/h2-4H,1H3,(H2,8,11)/t4-/m1/s1. The van der Waals surface area contributed by atoms with Crippen LogP contribution in [0.25, 0.3) is 0 Å². The number of primary amides is 1. The summed E-state index contributed by atoms with van der Waals surface area (Å²) in [5, 5.41) is 3.95. The van der Waals surface area contributed by atoms with Crippen LogP contribution in [0, 0.1) is 3.57 Å². The van der Waals surface area contributed by atoms with Gasteiger partial charge < -0.3 is 5.73 Å². The monoisotopic (exact) mass is 265 g/mol. The Kier molecular flexibility index (Phi) is 2.48. The van der Waals surface area contributed by atoms with Crippen molar-refractivity contribution in [2.75, 3.05) is 0 Å². The van der Waals surface area contributed by atoms with Gasteiger partial charge in [0, 0.05) is 6.20 Å². The van der Waals surface area contributed by atoms with Crippen LogP contribution in [-0.2, 0) is 4.79 Å². The molecule has 5 heteroatoms. The van der Waals surface area contributed by atoms with Gasteiger partial charge in [0.1, 0.15) is 6.04 Å². The van der Waals surface area contributed by atoms with E-state index in [2.05, 4.69) is 27.7 Å². The van der Waals surface area contributed by atoms with E-state index in [1.54, 1.807) is 24.0 Å². The number of carbonyl (C=O) groups excluding carboxylic acids is 1. The van der Waals surface area contributed by atoms with E-state index in [-0.39, 0.29) is 11.9 Å². The zero-order valence-electron chi connectivity index (χ0n) is 5.99. The smallest absolute Gasteiger partial charge is 0.241 e. The van der Waals surface area contributed by atoms with Crippen molar-refractivity contribution in [1.82, 2.24) is 9.78 Å². The molecule has 0 unspecified atom stereocenters. The van der Waals surface area contributed by atoms with Crippen LogP contribution in [0.5, 0.6) is 0 Å². The topological polar surface area (TPSA) is 60.9 Å². The lowest BCUT2D eigenvalue weighted by Gasteiger charge is -2.05. The summed E-state index contributed by atoms with van der Waals surface area (Å²) in [6.07, 6.45) is 3.45. The van der Waals surface area contributed by atoms with Crippen molar-refractivity contribution in [2.45, 2.75) is 13.0 Å². The molecule has 0 aliphatic rings. The SMILES string of the molecule is C[C@H](C(N)=O)n1cc(I)cn1. The van der Waals surface area contributed by atoms with E-state index in [0.29, 0.717) is 0 Å². The molecule has 60 valence electrons. The lowest BCUT2D eigenvalue weighted by atomic mass is 10.3. The molecule has 0 aliphatic heterocycles. The molecule has 0 saturated carbocycles. The second-order valence-electron chi connectivity index (χ2n) is 2.22. The van der Waals surface area contributed by atoms with Gasteiger partial charge in [-0.2, -0.15) is 5.10 Å². The highest BCUT2D eigenvalue weighted by Crippen LogP contribution is 2.07. The molecular formula is C6H8IN3O. The van der Waals surface area contributed by atoms with Gasteiger partial charge in [0.15, 0.2) is 0 Å². The number of hydrogen-bond donors (Lipinski definition) is 1. The van der Waals surface area contributed by atoms with Gasteiger partial charge >= 0.3 is 0 Å². The van der Waals surface area contributed by atoms with E-state index in [4.69, 9.17) is 5.73 Å². The first-order valence-corrected chi connectivity index (χ1v) is 4.18. The van der Waals surface area contributed by atoms with E-state index in [9.17, 15) is 4.79 Å². The molecule has 1 amide bonds. The average Bonchev–Trinajstić information content (AvgIpc) is 2.34. The Morgan fingerprint density at radius 2 is 2.55 bits per heavy atom. The van der Waals surface area contributed by atoms with Gasteiger partial charge in [-0.25, -0.2) is 0 Å². The van der Waals surface area contributed by atoms with E-state index < -0.39 is 0 Å². The second-order valence-corrected chi connectivity index (χ2v) is 3.46. The molecule has 0 spiro atoms. The number of carbonyl (C=O) groups is 1. The van der Waals surface area contributed by atoms with Crippen molar-refractivity contribution in [3.05, 3.63) is 16.0 Å². The number of nitrogens with zero attached hydrogens (tertiary/aromatic N) is 2. The van der Waals surface area contributed by atoms with Crippen LogP contribution in [0.1, 0.15) is 13.0 Å². The number of aromatic nitrogens is 2. The first kappa shape index (κ1) is 8.51. The van der Waals surface area contributed by atoms with E-state index >= 15 is 0 Å². The number of halogens is 1. The average molecular weight is 265 g/mol. The maximum absolute atomic E-state index is 10.7. The predicted octanol–water partition coefficient (Wildman–Crippen LogP) is 0.534. The molecule has 0 fully saturated rings. The fourth-order valence-corrected chi connectivity index (χ4v) is 1.07. The molecule has 2 N–H and O–H groups in total. The van der Waals surface area contributed by atoms with E-state index in [1.807, 2.05) is 0 Å². The largest absolute Gasteiger partial charge is 0.368 e. The van der Waals surface area contributed by atoms with Crippen LogP contribution in [0.15, 0.2) is 12.4 Å². The molecule has 0 saturated heterocycles. The summed E-state index contributed by atoms with van der Waals surface area (Å²) in [5.41, 5.74) is 5.08. The molecule has 0 radical (unpaired) electrons. The number of hydrogen-bond acceptors (Lipinski definition) is 2. The van der Waals surface area contributed by atoms with Crippen molar-refractivity contribution in [3.63, 3.8) is 0 Å². The summed E-state index contributed by atoms with van der Waals surface area (Å²) < 4.78 is 2.54. The van der Waals surface area contributed by atoms with Crippen molar-refractivity contribution in [1.29, 1.82) is 0 Å². The van der Waals surface area contributed by atoms with Crippen LogP contribution < -0.4 is 5.73 Å². The van der Waals surface area contributed by atoms with Crippen molar-refractivity contribution in [2.24, 2.45) is 5.73 Å². The molecule has 0 aliphatic carbocycles. The third kappa shape index (κ3) is 1.92. The highest BCUT2D eigenvalue weighted by molar-refractivity contribution is 14.1. The fraction of sp³-hybridized carbons (Fsp3) is 0.333. The molecule has 0 bridgehead atoms. The van der Waals surface area contributed by atoms with E-state index in [0.717, 1.165) is 3.57 Å². The van der Waals surface area contributed by atoms with Gasteiger partial charge in [-0.1, -0.05) is 0 Å². The van der Waals surface area contributed by atoms with Gasteiger partial charge in [-0.05, 0) is 29.5 Å². The number of rotatable bonds is 2. The Hall–Kier alpha value is -0.590. The molecular weight excluding hydrogens is 257 g/mol. The van der Waals surface area contributed by atoms with Crippen LogP contribution in [0.4, 0.5) is 0 Å². The molecule has 1 aromatic rings. The van der Waals surface area contributed by atoms with Gasteiger partial charge in [0.05, 0.1) is 9.77 Å². The third-order valence-corrected chi connectivity index (χ3v) is 1.94. The predicted molar refractivity (Wildman–Crippen MR) is 48.8 cm³/mol. The molecule has 1 heterocycles. The minimum absolute atomic E-state index is 0.362. The van der Waals surface area contributed by atoms with Crippen LogP contribution >= 0.6 is 22.6 Å². The maximum Gasteiger partial charge on any atom is 0.241 e. The first-order chi connectivity index (χ1) is 5.11. The highest BCUT2D eigenvalue weighted by atomic mass is 127. The first-order valence-electron chi connectivity index (χ1n) is 3.10. The van der Waals surface area contributed by atoms with Crippen LogP contribution in [-0.4, -0.2) is 15.7 Å². The Balaban J connectivity index is 2.84. The molecule has 11 heavy (non-hydrogen) atoms. The zero-order valence-corrected chi connectivity index (χ0v) is 8.15. The summed E-state index contributed by atoms with van der Waals surface area (Å²) in [5.74, 6) is -0.371. The Labute approximate surface area is 77.9 Å². The summed E-state index contributed by atoms with van der Waals surface area (Å²) in [6, 6.07) is -0.362. The molecule has 1 atom stereocenters. The van der Waals surface area contributed by atoms with Crippen molar-refractivity contribution < 1.29 is 4.79 Å². The normalized spacial score (nSPS) is 12.9. The van der Waals surface area contributed by atoms with Gasteiger partial charge in [-0.3, -0.25) is 9.48 Å². The minimum atomic E-state index is -0.371. The number of nitrogens with two attached hydrogens (primary N) is 1. The molecule has 1 aromatic heterocycles. The lowest BCUT2D eigenvalue weighted by Crippen LogP contribution is -2.24. The fourth-order valence-electron chi connectivity index (χ4n) is 0.657. The van der Waals surface area contributed by atoms with Crippen molar-refractivity contribution >= 4 is 28.5 Å². The Bertz CT molecular complexity index is 271. The minimum Gasteiger partial charge on any atom is -0.368 e. The molecule has 1 rings (SSSR count). The Morgan fingerprint density at radius 3 is 2.91 bits per heavy atom. The zero-order chi connectivity index (χ0) is 8.43. The summed E-state index contributed by atoms with van der Waals surface area (Å²) in [4.78, 5) is 10.7. The van der Waals surface area contributed by atoms with Crippen LogP contribution in [0.2, 0.25) is 0 Å². The van der Waals surface area contributed by atoms with Gasteiger partial charge in [-0.15, -0.1) is 0 Å². The summed E-state index contributed by atoms with van der Waals surface area (Å²) in [7, 11) is 0. The maximum atomic E-state index is 10.7. The second kappa shape index (κ2) is 3.21. The van der Waals surface area contributed by atoms with Crippen molar-refractivity contribution in [3.8, 4) is 0 Å². The lowest BCUT2D eigenvalue weighted by molar-refractivity contribution is -0.120. The number of amides is 1. The molecule has 4 nitrogen and oxygen atoms in total. The molecule has 0 aromatic carbocycles. The quantitative estimate of drug-likeness (QED) is 0.793. The Morgan fingerprint density at radius 1 is 1.91 bits per heavy atom. The highest BCUT2D eigenvalue weighted by Gasteiger charge is 2.10. The third-order valence-electron chi connectivity index (χ3n) is 1.38.